The number of rotatable bonds is 3. The van der Waals surface area contributed by atoms with E-state index >= 15 is 0 Å². The van der Waals surface area contributed by atoms with Gasteiger partial charge in [0.1, 0.15) is 6.54 Å². The number of para-hydroxylation sites is 2. The molecule has 0 aliphatic carbocycles. The van der Waals surface area contributed by atoms with Crippen LogP contribution in [0.5, 0.6) is 0 Å². The predicted octanol–water partition coefficient (Wildman–Crippen LogP) is 2.03. The lowest BCUT2D eigenvalue weighted by Crippen LogP contribution is -2.41. The quantitative estimate of drug-likeness (QED) is 0.791. The molecule has 1 aromatic carbocycles. The van der Waals surface area contributed by atoms with Gasteiger partial charge in [0.25, 0.3) is 0 Å². The summed E-state index contributed by atoms with van der Waals surface area (Å²) < 4.78 is 6.61. The number of aromatic amines is 1. The maximum atomic E-state index is 12.8. The number of piperidine rings is 1. The highest BCUT2D eigenvalue weighted by Crippen LogP contribution is 2.27. The van der Waals surface area contributed by atoms with E-state index in [1.807, 2.05) is 24.1 Å². The molecule has 1 aliphatic rings. The van der Waals surface area contributed by atoms with E-state index in [1.54, 1.807) is 18.2 Å². The van der Waals surface area contributed by atoms with E-state index in [-0.39, 0.29) is 18.4 Å². The number of H-pyrrole nitrogens is 1. The maximum absolute atomic E-state index is 12.8. The normalized spacial score (nSPS) is 18.0. The van der Waals surface area contributed by atoms with Crippen molar-refractivity contribution in [2.24, 2.45) is 0 Å². The van der Waals surface area contributed by atoms with Gasteiger partial charge in [0.15, 0.2) is 5.58 Å². The predicted molar refractivity (Wildman–Crippen MR) is 92.4 cm³/mol. The van der Waals surface area contributed by atoms with Crippen LogP contribution in [-0.2, 0) is 11.3 Å². The average Bonchev–Trinajstić information content (AvgIpc) is 3.18. The fraction of sp³-hybridized carbons (Fsp3) is 0.389. The topological polar surface area (TPSA) is 84.1 Å². The smallest absolute Gasteiger partial charge is 0.408 e. The van der Waals surface area contributed by atoms with Crippen LogP contribution in [0.1, 0.15) is 30.0 Å². The van der Waals surface area contributed by atoms with Gasteiger partial charge in [-0.05, 0) is 37.5 Å². The lowest BCUT2D eigenvalue weighted by Gasteiger charge is -2.32. The minimum atomic E-state index is -0.493. The van der Waals surface area contributed by atoms with Gasteiger partial charge in [-0.15, -0.1) is 0 Å². The van der Waals surface area contributed by atoms with Gasteiger partial charge in [0.2, 0.25) is 5.91 Å². The van der Waals surface area contributed by atoms with Crippen LogP contribution in [0.15, 0.2) is 39.7 Å². The zero-order valence-corrected chi connectivity index (χ0v) is 14.1. The minimum Gasteiger partial charge on any atom is -0.408 e. The molecule has 1 fully saturated rings. The lowest BCUT2D eigenvalue weighted by molar-refractivity contribution is -0.133. The van der Waals surface area contributed by atoms with Gasteiger partial charge < -0.3 is 9.32 Å². The summed E-state index contributed by atoms with van der Waals surface area (Å²) in [7, 11) is 0. The molecule has 25 heavy (non-hydrogen) atoms. The SMILES string of the molecule is Cc1cn[nH]c1[C@H]1CCCN(C(=O)Cn2c(=O)oc3ccccc32)C1. The Morgan fingerprint density at radius 3 is 3.04 bits per heavy atom. The molecule has 0 bridgehead atoms. The highest BCUT2D eigenvalue weighted by molar-refractivity contribution is 5.79. The molecule has 1 amide bonds. The Labute approximate surface area is 144 Å². The molecule has 3 aromatic rings. The second-order valence-electron chi connectivity index (χ2n) is 6.57. The summed E-state index contributed by atoms with van der Waals surface area (Å²) in [5.74, 6) is -0.291. The number of aromatic nitrogens is 3. The van der Waals surface area contributed by atoms with Crippen LogP contribution in [0.3, 0.4) is 0 Å². The summed E-state index contributed by atoms with van der Waals surface area (Å²) >= 11 is 0. The summed E-state index contributed by atoms with van der Waals surface area (Å²) in [6, 6.07) is 7.16. The van der Waals surface area contributed by atoms with E-state index < -0.39 is 5.76 Å². The number of carbonyl (C=O) groups excluding carboxylic acids is 1. The lowest BCUT2D eigenvalue weighted by atomic mass is 9.93. The monoisotopic (exact) mass is 340 g/mol. The first-order valence-electron chi connectivity index (χ1n) is 8.49. The number of hydrogen-bond acceptors (Lipinski definition) is 4. The molecule has 0 radical (unpaired) electrons. The number of benzene rings is 1. The first-order valence-corrected chi connectivity index (χ1v) is 8.49. The van der Waals surface area contributed by atoms with E-state index in [0.29, 0.717) is 24.2 Å². The van der Waals surface area contributed by atoms with E-state index in [2.05, 4.69) is 10.2 Å². The molecule has 7 heteroatoms. The Bertz CT molecular complexity index is 968. The van der Waals surface area contributed by atoms with Gasteiger partial charge in [0, 0.05) is 24.7 Å². The van der Waals surface area contributed by atoms with Crippen LogP contribution in [0.25, 0.3) is 11.1 Å². The number of aryl methyl sites for hydroxylation is 1. The van der Waals surface area contributed by atoms with Crippen molar-refractivity contribution < 1.29 is 9.21 Å². The number of amides is 1. The van der Waals surface area contributed by atoms with Gasteiger partial charge in [-0.2, -0.15) is 5.10 Å². The van der Waals surface area contributed by atoms with E-state index in [0.717, 1.165) is 24.1 Å². The van der Waals surface area contributed by atoms with Crippen molar-refractivity contribution >= 4 is 17.0 Å². The van der Waals surface area contributed by atoms with Crippen molar-refractivity contribution in [1.29, 1.82) is 0 Å². The molecule has 0 unspecified atom stereocenters. The molecule has 0 saturated carbocycles. The number of nitrogens with one attached hydrogen (secondary N) is 1. The molecule has 130 valence electrons. The third-order valence-electron chi connectivity index (χ3n) is 4.92. The van der Waals surface area contributed by atoms with Crippen LogP contribution >= 0.6 is 0 Å². The van der Waals surface area contributed by atoms with E-state index in [1.165, 1.54) is 4.57 Å². The van der Waals surface area contributed by atoms with Crippen LogP contribution in [0, 0.1) is 6.92 Å². The second kappa shape index (κ2) is 6.23. The fourth-order valence-corrected chi connectivity index (χ4v) is 3.61. The maximum Gasteiger partial charge on any atom is 0.420 e. The molecule has 2 aromatic heterocycles. The number of fused-ring (bicyclic) bond motifs is 1. The summed E-state index contributed by atoms with van der Waals surface area (Å²) in [4.78, 5) is 26.7. The van der Waals surface area contributed by atoms with Crippen molar-refractivity contribution in [2.45, 2.75) is 32.2 Å². The van der Waals surface area contributed by atoms with E-state index in [4.69, 9.17) is 4.42 Å². The summed E-state index contributed by atoms with van der Waals surface area (Å²) in [6.07, 6.45) is 3.78. The van der Waals surface area contributed by atoms with Crippen LogP contribution < -0.4 is 5.76 Å². The van der Waals surface area contributed by atoms with Gasteiger partial charge in [0.05, 0.1) is 11.7 Å². The Kier molecular flexibility index (Phi) is 3.91. The number of oxazole rings is 1. The highest BCUT2D eigenvalue weighted by atomic mass is 16.4. The zero-order chi connectivity index (χ0) is 17.4. The Hall–Kier alpha value is -2.83. The van der Waals surface area contributed by atoms with Crippen LogP contribution in [-0.4, -0.2) is 38.7 Å². The second-order valence-corrected chi connectivity index (χ2v) is 6.57. The number of likely N-dealkylation sites (tertiary alicyclic amines) is 1. The molecule has 1 atom stereocenters. The third kappa shape index (κ3) is 2.86. The van der Waals surface area contributed by atoms with Crippen molar-refractivity contribution in [1.82, 2.24) is 19.7 Å². The summed E-state index contributed by atoms with van der Waals surface area (Å²) in [5, 5.41) is 7.14. The first kappa shape index (κ1) is 15.7. The highest BCUT2D eigenvalue weighted by Gasteiger charge is 2.27. The Morgan fingerprint density at radius 1 is 1.40 bits per heavy atom. The average molecular weight is 340 g/mol. The van der Waals surface area contributed by atoms with Crippen molar-refractivity contribution in [2.75, 3.05) is 13.1 Å². The van der Waals surface area contributed by atoms with Crippen molar-refractivity contribution in [3.8, 4) is 0 Å². The van der Waals surface area contributed by atoms with Gasteiger partial charge in [-0.25, -0.2) is 4.79 Å². The number of nitrogens with zero attached hydrogens (tertiary/aromatic N) is 3. The van der Waals surface area contributed by atoms with Crippen LogP contribution in [0.2, 0.25) is 0 Å². The summed E-state index contributed by atoms with van der Waals surface area (Å²) in [6.45, 7) is 3.39. The molecule has 3 heterocycles. The zero-order valence-electron chi connectivity index (χ0n) is 14.1. The van der Waals surface area contributed by atoms with Gasteiger partial charge >= 0.3 is 5.76 Å². The number of hydrogen-bond donors (Lipinski definition) is 1. The van der Waals surface area contributed by atoms with Gasteiger partial charge in [-0.1, -0.05) is 12.1 Å². The molecule has 0 spiro atoms. The minimum absolute atomic E-state index is 0.00449. The Morgan fingerprint density at radius 2 is 2.24 bits per heavy atom. The van der Waals surface area contributed by atoms with Crippen molar-refractivity contribution in [3.05, 3.63) is 52.3 Å². The number of carbonyl (C=O) groups is 1. The molecular weight excluding hydrogens is 320 g/mol. The largest absolute Gasteiger partial charge is 0.420 e. The standard InChI is InChI=1S/C18H20N4O3/c1-12-9-19-20-17(12)13-5-4-8-21(10-13)16(23)11-22-14-6-2-3-7-15(14)25-18(22)24/h2-3,6-7,9,13H,4-5,8,10-11H2,1H3,(H,19,20)/t13-/m0/s1. The van der Waals surface area contributed by atoms with E-state index in [9.17, 15) is 9.59 Å². The van der Waals surface area contributed by atoms with Crippen molar-refractivity contribution in [3.63, 3.8) is 0 Å². The first-order chi connectivity index (χ1) is 12.1. The van der Waals surface area contributed by atoms with Gasteiger partial charge in [-0.3, -0.25) is 14.5 Å². The molecule has 4 rings (SSSR count). The molecule has 7 nitrogen and oxygen atoms in total. The molecule has 1 N–H and O–H groups in total. The molecular formula is C18H20N4O3. The fourth-order valence-electron chi connectivity index (χ4n) is 3.61. The molecule has 1 aliphatic heterocycles. The summed E-state index contributed by atoms with van der Waals surface area (Å²) in [5.41, 5.74) is 3.38. The third-order valence-corrected chi connectivity index (χ3v) is 4.92. The van der Waals surface area contributed by atoms with Crippen LogP contribution in [0.4, 0.5) is 0 Å². The molecule has 1 saturated heterocycles. The Balaban J connectivity index is 1.53.